The summed E-state index contributed by atoms with van der Waals surface area (Å²) in [7, 11) is 0. The third kappa shape index (κ3) is 2.29. The molecule has 0 aliphatic heterocycles. The summed E-state index contributed by atoms with van der Waals surface area (Å²) in [6, 6.07) is 0. The van der Waals surface area contributed by atoms with Crippen molar-refractivity contribution in [2.75, 3.05) is 6.61 Å². The Morgan fingerprint density at radius 2 is 2.13 bits per heavy atom. The summed E-state index contributed by atoms with van der Waals surface area (Å²) in [5, 5.41) is 16.2. The highest BCUT2D eigenvalue weighted by Crippen LogP contribution is 2.30. The van der Waals surface area contributed by atoms with Gasteiger partial charge >= 0.3 is 5.97 Å². The Kier molecular flexibility index (Phi) is 3.02. The molecule has 84 valence electrons. The number of carbonyl (C=O) groups is 1. The first-order chi connectivity index (χ1) is 6.88. The molecule has 0 aliphatic carbocycles. The Balaban J connectivity index is 3.04. The molecule has 1 heterocycles. The average Bonchev–Trinajstić information content (AvgIpc) is 2.46. The fourth-order valence-corrected chi connectivity index (χ4v) is 1.20. The van der Waals surface area contributed by atoms with Crippen LogP contribution in [0.25, 0.3) is 0 Å². The Bertz CT molecular complexity index is 363. The van der Waals surface area contributed by atoms with Crippen LogP contribution in [0.5, 0.6) is 5.75 Å². The minimum absolute atomic E-state index is 0.0155. The minimum Gasteiger partial charge on any atom is -0.504 e. The van der Waals surface area contributed by atoms with Crippen LogP contribution >= 0.6 is 0 Å². The van der Waals surface area contributed by atoms with E-state index < -0.39 is 5.97 Å². The number of nitrogens with one attached hydrogen (secondary N) is 1. The van der Waals surface area contributed by atoms with Gasteiger partial charge in [-0.15, -0.1) is 0 Å². The van der Waals surface area contributed by atoms with Crippen molar-refractivity contribution < 1.29 is 14.6 Å². The van der Waals surface area contributed by atoms with E-state index in [0.717, 1.165) is 0 Å². The van der Waals surface area contributed by atoms with Gasteiger partial charge in [0.25, 0.3) is 0 Å². The topological polar surface area (TPSA) is 75.2 Å². The van der Waals surface area contributed by atoms with Crippen molar-refractivity contribution in [2.24, 2.45) is 0 Å². The van der Waals surface area contributed by atoms with Crippen LogP contribution < -0.4 is 0 Å². The van der Waals surface area contributed by atoms with E-state index in [4.69, 9.17) is 4.74 Å². The summed E-state index contributed by atoms with van der Waals surface area (Å²) in [6.45, 7) is 7.67. The van der Waals surface area contributed by atoms with Gasteiger partial charge < -0.3 is 9.84 Å². The number of aromatic nitrogens is 2. The summed E-state index contributed by atoms with van der Waals surface area (Å²) in [5.41, 5.74) is 0.165. The molecule has 0 unspecified atom stereocenters. The third-order valence-corrected chi connectivity index (χ3v) is 1.93. The molecule has 0 saturated carbocycles. The van der Waals surface area contributed by atoms with E-state index in [9.17, 15) is 9.90 Å². The normalized spacial score (nSPS) is 11.5. The van der Waals surface area contributed by atoms with Gasteiger partial charge in [-0.05, 0) is 6.92 Å². The number of rotatable bonds is 2. The van der Waals surface area contributed by atoms with E-state index in [-0.39, 0.29) is 23.5 Å². The number of aromatic amines is 1. The van der Waals surface area contributed by atoms with Crippen molar-refractivity contribution in [3.8, 4) is 5.75 Å². The van der Waals surface area contributed by atoms with Crippen molar-refractivity contribution in [1.29, 1.82) is 0 Å². The number of nitrogens with zero attached hydrogens (tertiary/aromatic N) is 1. The van der Waals surface area contributed by atoms with E-state index in [1.54, 1.807) is 6.92 Å². The van der Waals surface area contributed by atoms with E-state index in [0.29, 0.717) is 5.69 Å². The molecule has 5 nitrogen and oxygen atoms in total. The Hall–Kier alpha value is -1.52. The van der Waals surface area contributed by atoms with E-state index in [1.165, 1.54) is 0 Å². The van der Waals surface area contributed by atoms with Crippen LogP contribution in [0.15, 0.2) is 0 Å². The second-order valence-electron chi connectivity index (χ2n) is 4.27. The van der Waals surface area contributed by atoms with Crippen molar-refractivity contribution in [1.82, 2.24) is 10.2 Å². The smallest absolute Gasteiger partial charge is 0.360 e. The molecule has 0 radical (unpaired) electrons. The maximum atomic E-state index is 11.4. The molecule has 0 aliphatic rings. The van der Waals surface area contributed by atoms with Crippen LogP contribution in [-0.2, 0) is 10.2 Å². The molecule has 2 N–H and O–H groups in total. The van der Waals surface area contributed by atoms with E-state index in [2.05, 4.69) is 10.2 Å². The summed E-state index contributed by atoms with van der Waals surface area (Å²) in [4.78, 5) is 11.4. The van der Waals surface area contributed by atoms with E-state index >= 15 is 0 Å². The predicted molar refractivity (Wildman–Crippen MR) is 54.9 cm³/mol. The Morgan fingerprint density at radius 3 is 2.53 bits per heavy atom. The van der Waals surface area contributed by atoms with Gasteiger partial charge in [0.05, 0.1) is 6.61 Å². The summed E-state index contributed by atoms with van der Waals surface area (Å²) in [5.74, 6) is -0.709. The number of hydrogen-bond acceptors (Lipinski definition) is 4. The number of ether oxygens (including phenoxy) is 1. The zero-order valence-corrected chi connectivity index (χ0v) is 9.42. The van der Waals surface area contributed by atoms with Gasteiger partial charge in [0.15, 0.2) is 11.4 Å². The molecular formula is C10H16N2O3. The molecule has 0 spiro atoms. The second kappa shape index (κ2) is 3.92. The number of hydrogen-bond donors (Lipinski definition) is 2. The SMILES string of the molecule is CCOC(=O)c1[nH]nc(C(C)(C)C)c1O. The van der Waals surface area contributed by atoms with Gasteiger partial charge in [-0.2, -0.15) is 5.10 Å². The molecular weight excluding hydrogens is 196 g/mol. The Morgan fingerprint density at radius 1 is 1.53 bits per heavy atom. The zero-order chi connectivity index (χ0) is 11.6. The average molecular weight is 212 g/mol. The summed E-state index contributed by atoms with van der Waals surface area (Å²) >= 11 is 0. The van der Waals surface area contributed by atoms with Crippen molar-refractivity contribution in [3.63, 3.8) is 0 Å². The quantitative estimate of drug-likeness (QED) is 0.730. The van der Waals surface area contributed by atoms with Crippen LogP contribution in [0.1, 0.15) is 43.9 Å². The fourth-order valence-electron chi connectivity index (χ4n) is 1.20. The van der Waals surface area contributed by atoms with Gasteiger partial charge in [0.1, 0.15) is 5.69 Å². The monoisotopic (exact) mass is 212 g/mol. The maximum Gasteiger partial charge on any atom is 0.360 e. The molecule has 0 saturated heterocycles. The van der Waals surface area contributed by atoms with Crippen molar-refractivity contribution in [3.05, 3.63) is 11.4 Å². The summed E-state index contributed by atoms with van der Waals surface area (Å²) in [6.07, 6.45) is 0. The minimum atomic E-state index is -0.585. The molecule has 0 atom stereocenters. The lowest BCUT2D eigenvalue weighted by Crippen LogP contribution is -2.12. The molecule has 1 aromatic rings. The number of H-pyrrole nitrogens is 1. The van der Waals surface area contributed by atoms with Crippen LogP contribution in [-0.4, -0.2) is 27.9 Å². The zero-order valence-electron chi connectivity index (χ0n) is 9.42. The van der Waals surface area contributed by atoms with Crippen LogP contribution in [0.4, 0.5) is 0 Å². The first-order valence-electron chi connectivity index (χ1n) is 4.82. The number of esters is 1. The van der Waals surface area contributed by atoms with Gasteiger partial charge in [-0.3, -0.25) is 5.10 Å². The molecule has 0 fully saturated rings. The number of carbonyl (C=O) groups excluding carboxylic acids is 1. The lowest BCUT2D eigenvalue weighted by atomic mass is 9.91. The van der Waals surface area contributed by atoms with Crippen molar-refractivity contribution in [2.45, 2.75) is 33.1 Å². The van der Waals surface area contributed by atoms with Gasteiger partial charge in [0, 0.05) is 5.41 Å². The predicted octanol–water partition coefficient (Wildman–Crippen LogP) is 1.59. The number of aromatic hydroxyl groups is 1. The Labute approximate surface area is 88.5 Å². The summed E-state index contributed by atoms with van der Waals surface area (Å²) < 4.78 is 4.76. The van der Waals surface area contributed by atoms with E-state index in [1.807, 2.05) is 20.8 Å². The maximum absolute atomic E-state index is 11.4. The van der Waals surface area contributed by atoms with Crippen LogP contribution in [0.3, 0.4) is 0 Å². The molecule has 5 heteroatoms. The van der Waals surface area contributed by atoms with Gasteiger partial charge in [0.2, 0.25) is 0 Å². The lowest BCUT2D eigenvalue weighted by Gasteiger charge is -2.14. The largest absolute Gasteiger partial charge is 0.504 e. The molecule has 1 aromatic heterocycles. The molecule has 15 heavy (non-hydrogen) atoms. The van der Waals surface area contributed by atoms with Gasteiger partial charge in [-0.1, -0.05) is 20.8 Å². The van der Waals surface area contributed by atoms with Gasteiger partial charge in [-0.25, -0.2) is 4.79 Å². The highest BCUT2D eigenvalue weighted by atomic mass is 16.5. The first-order valence-corrected chi connectivity index (χ1v) is 4.82. The fraction of sp³-hybridized carbons (Fsp3) is 0.600. The molecule has 1 rings (SSSR count). The first kappa shape index (κ1) is 11.6. The lowest BCUT2D eigenvalue weighted by molar-refractivity contribution is 0.0516. The molecule has 0 bridgehead atoms. The third-order valence-electron chi connectivity index (χ3n) is 1.93. The second-order valence-corrected chi connectivity index (χ2v) is 4.27. The highest BCUT2D eigenvalue weighted by molar-refractivity contribution is 5.90. The van der Waals surface area contributed by atoms with Crippen LogP contribution in [0.2, 0.25) is 0 Å². The van der Waals surface area contributed by atoms with Crippen LogP contribution in [0, 0.1) is 0 Å². The highest BCUT2D eigenvalue weighted by Gasteiger charge is 2.27. The van der Waals surface area contributed by atoms with Crippen molar-refractivity contribution >= 4 is 5.97 Å². The molecule has 0 aromatic carbocycles. The standard InChI is InChI=1S/C10H16N2O3/c1-5-15-9(14)6-7(13)8(12-11-6)10(2,3)4/h13H,5H2,1-4H3,(H,11,12). The molecule has 0 amide bonds.